The number of rotatable bonds is 4. The van der Waals surface area contributed by atoms with Crippen LogP contribution in [0, 0.1) is 11.6 Å². The molecule has 8 heteroatoms. The van der Waals surface area contributed by atoms with E-state index in [4.69, 9.17) is 9.84 Å². The third-order valence-electron chi connectivity index (χ3n) is 3.66. The number of methoxy groups -OCH3 is 1. The summed E-state index contributed by atoms with van der Waals surface area (Å²) in [5.74, 6) is -2.20. The summed E-state index contributed by atoms with van der Waals surface area (Å²) < 4.78 is 58.6. The van der Waals surface area contributed by atoms with Crippen molar-refractivity contribution in [3.63, 3.8) is 0 Å². The van der Waals surface area contributed by atoms with Gasteiger partial charge in [0.25, 0.3) is 0 Å². The van der Waals surface area contributed by atoms with Crippen molar-refractivity contribution in [3.8, 4) is 0 Å². The van der Waals surface area contributed by atoms with Gasteiger partial charge in [-0.05, 0) is 25.0 Å². The van der Waals surface area contributed by atoms with Gasteiger partial charge in [0.2, 0.25) is 10.0 Å². The topological polar surface area (TPSA) is 66.8 Å². The zero-order chi connectivity index (χ0) is 15.6. The Kier molecular flexibility index (Phi) is 4.92. The lowest BCUT2D eigenvalue weighted by Crippen LogP contribution is -2.40. The van der Waals surface area contributed by atoms with Crippen molar-refractivity contribution < 1.29 is 27.0 Å². The summed E-state index contributed by atoms with van der Waals surface area (Å²) in [5.41, 5.74) is -0.636. The first kappa shape index (κ1) is 16.3. The molecule has 5 nitrogen and oxygen atoms in total. The van der Waals surface area contributed by atoms with Crippen LogP contribution < -0.4 is 0 Å². The fourth-order valence-electron chi connectivity index (χ4n) is 2.37. The van der Waals surface area contributed by atoms with Gasteiger partial charge in [0.1, 0.15) is 10.7 Å². The summed E-state index contributed by atoms with van der Waals surface area (Å²) in [4.78, 5) is -0.608. The maximum atomic E-state index is 14.1. The second-order valence-electron chi connectivity index (χ2n) is 4.84. The van der Waals surface area contributed by atoms with Crippen LogP contribution in [0.1, 0.15) is 18.4 Å². The van der Waals surface area contributed by atoms with E-state index in [9.17, 15) is 17.2 Å². The first-order valence-electron chi connectivity index (χ1n) is 6.52. The lowest BCUT2D eigenvalue weighted by atomic mass is 10.1. The lowest BCUT2D eigenvalue weighted by Gasteiger charge is -2.30. The number of ether oxygens (including phenoxy) is 1. The predicted molar refractivity (Wildman–Crippen MR) is 71.1 cm³/mol. The first-order chi connectivity index (χ1) is 9.91. The monoisotopic (exact) mass is 321 g/mol. The Morgan fingerprint density at radius 2 is 1.95 bits per heavy atom. The summed E-state index contributed by atoms with van der Waals surface area (Å²) in [6.07, 6.45) is 1.03. The minimum atomic E-state index is -4.05. The quantitative estimate of drug-likeness (QED) is 0.906. The third-order valence-corrected chi connectivity index (χ3v) is 5.58. The van der Waals surface area contributed by atoms with Crippen LogP contribution in [0.2, 0.25) is 0 Å². The van der Waals surface area contributed by atoms with Crippen LogP contribution in [0.3, 0.4) is 0 Å². The maximum Gasteiger partial charge on any atom is 0.246 e. The molecule has 0 bridgehead atoms. The van der Waals surface area contributed by atoms with Gasteiger partial charge in [0.05, 0.1) is 18.3 Å². The third kappa shape index (κ3) is 3.08. The Hall–Kier alpha value is -1.09. The van der Waals surface area contributed by atoms with Crippen LogP contribution in [0.4, 0.5) is 8.78 Å². The van der Waals surface area contributed by atoms with Crippen molar-refractivity contribution >= 4 is 10.0 Å². The molecule has 0 radical (unpaired) electrons. The van der Waals surface area contributed by atoms with Crippen LogP contribution in [0.5, 0.6) is 0 Å². The number of aliphatic hydroxyl groups is 1. The average Bonchev–Trinajstić information content (AvgIpc) is 2.47. The fraction of sp³-hybridized carbons (Fsp3) is 0.538. The summed E-state index contributed by atoms with van der Waals surface area (Å²) in [6, 6.07) is 1.74. The molecule has 1 saturated heterocycles. The lowest BCUT2D eigenvalue weighted by molar-refractivity contribution is 0.0604. The van der Waals surface area contributed by atoms with E-state index in [1.54, 1.807) is 7.11 Å². The fourth-order valence-corrected chi connectivity index (χ4v) is 3.93. The molecule has 0 unspecified atom stereocenters. The van der Waals surface area contributed by atoms with Gasteiger partial charge in [-0.2, -0.15) is 4.31 Å². The zero-order valence-electron chi connectivity index (χ0n) is 11.6. The molecule has 2 rings (SSSR count). The normalized spacial score (nSPS) is 18.1. The van der Waals surface area contributed by atoms with Crippen molar-refractivity contribution in [1.82, 2.24) is 4.31 Å². The van der Waals surface area contributed by atoms with E-state index in [0.29, 0.717) is 12.8 Å². The van der Waals surface area contributed by atoms with Gasteiger partial charge in [-0.1, -0.05) is 0 Å². The van der Waals surface area contributed by atoms with E-state index in [2.05, 4.69) is 0 Å². The summed E-state index contributed by atoms with van der Waals surface area (Å²) in [5, 5.41) is 8.96. The number of hydrogen-bond donors (Lipinski definition) is 1. The smallest absolute Gasteiger partial charge is 0.246 e. The van der Waals surface area contributed by atoms with Crippen LogP contribution in [0.25, 0.3) is 0 Å². The summed E-state index contributed by atoms with van der Waals surface area (Å²) >= 11 is 0. The minimum absolute atomic E-state index is 0.0116. The highest BCUT2D eigenvalue weighted by Crippen LogP contribution is 2.26. The maximum absolute atomic E-state index is 14.1. The largest absolute Gasteiger partial charge is 0.391 e. The molecule has 1 aliphatic rings. The Morgan fingerprint density at radius 1 is 1.33 bits per heavy atom. The van der Waals surface area contributed by atoms with Gasteiger partial charge in [-0.15, -0.1) is 0 Å². The number of sulfonamides is 1. The highest BCUT2D eigenvalue weighted by atomic mass is 32.2. The van der Waals surface area contributed by atoms with E-state index in [1.165, 1.54) is 0 Å². The predicted octanol–water partition coefficient (Wildman–Crippen LogP) is 1.26. The molecular formula is C13H17F2NO4S. The molecule has 21 heavy (non-hydrogen) atoms. The van der Waals surface area contributed by atoms with Gasteiger partial charge < -0.3 is 9.84 Å². The molecule has 1 aromatic rings. The van der Waals surface area contributed by atoms with E-state index >= 15 is 0 Å². The van der Waals surface area contributed by atoms with Crippen LogP contribution in [0.15, 0.2) is 17.0 Å². The Labute approximate surface area is 122 Å². The number of aliphatic hydroxyl groups excluding tert-OH is 1. The molecule has 0 spiro atoms. The molecule has 1 fully saturated rings. The standard InChI is InChI=1S/C13H17F2NO4S/c1-20-9-4-6-16(7-5-9)21(18,19)12-3-2-11(14)10(8-17)13(12)15/h2-3,9,17H,4-8H2,1H3. The van der Waals surface area contributed by atoms with Gasteiger partial charge in [-0.25, -0.2) is 17.2 Å². The number of piperidine rings is 1. The number of benzene rings is 1. The molecule has 1 aliphatic heterocycles. The Bertz CT molecular complexity index is 613. The van der Waals surface area contributed by atoms with Gasteiger partial charge in [0.15, 0.2) is 5.82 Å². The van der Waals surface area contributed by atoms with Crippen LogP contribution in [-0.4, -0.2) is 44.1 Å². The number of halogens is 2. The molecule has 0 saturated carbocycles. The Morgan fingerprint density at radius 3 is 2.48 bits per heavy atom. The SMILES string of the molecule is COC1CCN(S(=O)(=O)c2ccc(F)c(CO)c2F)CC1. The van der Waals surface area contributed by atoms with Crippen molar-refractivity contribution in [1.29, 1.82) is 0 Å². The summed E-state index contributed by atoms with van der Waals surface area (Å²) in [6.45, 7) is -0.467. The molecule has 0 amide bonds. The molecule has 1 heterocycles. The highest BCUT2D eigenvalue weighted by Gasteiger charge is 2.32. The minimum Gasteiger partial charge on any atom is -0.391 e. The van der Waals surface area contributed by atoms with Crippen LogP contribution in [-0.2, 0) is 21.4 Å². The molecule has 0 atom stereocenters. The van der Waals surface area contributed by atoms with E-state index in [1.807, 2.05) is 0 Å². The van der Waals surface area contributed by atoms with Crippen molar-refractivity contribution in [3.05, 3.63) is 29.3 Å². The van der Waals surface area contributed by atoms with Crippen LogP contribution >= 0.6 is 0 Å². The summed E-state index contributed by atoms with van der Waals surface area (Å²) in [7, 11) is -2.49. The van der Waals surface area contributed by atoms with Crippen molar-refractivity contribution in [2.75, 3.05) is 20.2 Å². The second-order valence-corrected chi connectivity index (χ2v) is 6.74. The molecule has 1 aromatic carbocycles. The van der Waals surface area contributed by atoms with Crippen molar-refractivity contribution in [2.24, 2.45) is 0 Å². The second kappa shape index (κ2) is 6.35. The highest BCUT2D eigenvalue weighted by molar-refractivity contribution is 7.89. The number of nitrogens with zero attached hydrogens (tertiary/aromatic N) is 1. The van der Waals surface area contributed by atoms with E-state index in [-0.39, 0.29) is 19.2 Å². The number of hydrogen-bond acceptors (Lipinski definition) is 4. The Balaban J connectivity index is 2.33. The van der Waals surface area contributed by atoms with Gasteiger partial charge in [-0.3, -0.25) is 0 Å². The van der Waals surface area contributed by atoms with E-state index < -0.39 is 38.7 Å². The van der Waals surface area contributed by atoms with Gasteiger partial charge >= 0.3 is 0 Å². The molecular weight excluding hydrogens is 304 g/mol. The van der Waals surface area contributed by atoms with Gasteiger partial charge in [0, 0.05) is 20.2 Å². The molecule has 0 aliphatic carbocycles. The molecule has 0 aromatic heterocycles. The van der Waals surface area contributed by atoms with E-state index in [0.717, 1.165) is 16.4 Å². The molecule has 118 valence electrons. The average molecular weight is 321 g/mol. The molecule has 1 N–H and O–H groups in total. The zero-order valence-corrected chi connectivity index (χ0v) is 12.4. The first-order valence-corrected chi connectivity index (χ1v) is 7.96. The van der Waals surface area contributed by atoms with Crippen molar-refractivity contribution in [2.45, 2.75) is 30.4 Å².